The first-order valence-electron chi connectivity index (χ1n) is 7.25. The lowest BCUT2D eigenvalue weighted by molar-refractivity contribution is -0.354. The molecule has 0 aromatic heterocycles. The normalized spacial score (nSPS) is 12.5. The molecule has 0 aliphatic carbocycles. The van der Waals surface area contributed by atoms with Crippen LogP contribution < -0.4 is 5.43 Å². The van der Waals surface area contributed by atoms with Crippen LogP contribution in [0, 0.1) is 10.1 Å². The fourth-order valence-electron chi connectivity index (χ4n) is 2.22. The van der Waals surface area contributed by atoms with Crippen molar-refractivity contribution >= 4 is 28.9 Å². The Morgan fingerprint density at radius 1 is 1.21 bits per heavy atom. The predicted molar refractivity (Wildman–Crippen MR) is 94.0 cm³/mol. The molecular weight excluding hydrogens is 330 g/mol. The van der Waals surface area contributed by atoms with Gasteiger partial charge in [0.1, 0.15) is 11.7 Å². The Bertz CT molecular complexity index is 745. The van der Waals surface area contributed by atoms with Gasteiger partial charge in [0, 0.05) is 11.4 Å². The first-order chi connectivity index (χ1) is 11.5. The smallest absolute Gasteiger partial charge is 0.358 e. The zero-order chi connectivity index (χ0) is 17.5. The van der Waals surface area contributed by atoms with E-state index >= 15 is 0 Å². The molecule has 0 fully saturated rings. The molecule has 0 radical (unpaired) electrons. The summed E-state index contributed by atoms with van der Waals surface area (Å²) >= 11 is 5.80. The van der Waals surface area contributed by atoms with Crippen molar-refractivity contribution in [3.8, 4) is 0 Å². The molecule has 1 unspecified atom stereocenters. The van der Waals surface area contributed by atoms with Crippen LogP contribution in [0.4, 0.5) is 5.69 Å². The van der Waals surface area contributed by atoms with Crippen LogP contribution in [-0.4, -0.2) is 16.5 Å². The van der Waals surface area contributed by atoms with Crippen LogP contribution in [0.5, 0.6) is 0 Å². The minimum Gasteiger partial charge on any atom is -0.358 e. The van der Waals surface area contributed by atoms with E-state index in [0.29, 0.717) is 16.3 Å². The van der Waals surface area contributed by atoms with Gasteiger partial charge in [0.05, 0.1) is 10.8 Å². The highest BCUT2D eigenvalue weighted by molar-refractivity contribution is 6.30. The maximum absolute atomic E-state index is 11.6. The summed E-state index contributed by atoms with van der Waals surface area (Å²) in [6, 6.07) is 15.5. The van der Waals surface area contributed by atoms with Crippen molar-refractivity contribution in [1.29, 1.82) is 0 Å². The number of Topliss-reactive ketones (excluding diaryl/α,β-unsaturated/α-hetero) is 1. The van der Waals surface area contributed by atoms with Crippen molar-refractivity contribution < 1.29 is 9.72 Å². The quantitative estimate of drug-likeness (QED) is 0.369. The molecule has 0 amide bonds. The van der Waals surface area contributed by atoms with Crippen LogP contribution in [-0.2, 0) is 4.79 Å². The molecular formula is C17H16ClN3O3. The van der Waals surface area contributed by atoms with Crippen molar-refractivity contribution in [3.63, 3.8) is 0 Å². The largest absolute Gasteiger partial charge is 0.371 e. The lowest BCUT2D eigenvalue weighted by Crippen LogP contribution is -2.24. The number of hydrogen-bond acceptors (Lipinski definition) is 5. The lowest BCUT2D eigenvalue weighted by Gasteiger charge is -2.12. The second kappa shape index (κ2) is 8.21. The molecule has 124 valence electrons. The van der Waals surface area contributed by atoms with Crippen LogP contribution in [0.25, 0.3) is 0 Å². The number of rotatable bonds is 6. The monoisotopic (exact) mass is 345 g/mol. The summed E-state index contributed by atoms with van der Waals surface area (Å²) in [5.41, 5.74) is 3.88. The lowest BCUT2D eigenvalue weighted by atomic mass is 9.93. The molecule has 0 saturated carbocycles. The standard InChI is InChI=1S/C17H16ClN3O3/c1-12(22)11-16(13-5-3-2-4-6-13)17(21(23)24)20-19-15-9-7-14(18)8-10-15/h2-10,16,19H,11H2,1H3/b20-17-. The van der Waals surface area contributed by atoms with Gasteiger partial charge in [-0.05, 0) is 41.7 Å². The Kier molecular flexibility index (Phi) is 6.03. The number of anilines is 1. The number of halogens is 1. The molecule has 0 saturated heterocycles. The second-order valence-corrected chi connectivity index (χ2v) is 5.65. The molecule has 0 aliphatic heterocycles. The number of amidine groups is 1. The minimum absolute atomic E-state index is 0.00608. The van der Waals surface area contributed by atoms with E-state index in [1.807, 2.05) is 6.07 Å². The molecule has 6 nitrogen and oxygen atoms in total. The predicted octanol–water partition coefficient (Wildman–Crippen LogP) is 4.11. The van der Waals surface area contributed by atoms with E-state index in [4.69, 9.17) is 11.6 Å². The van der Waals surface area contributed by atoms with E-state index < -0.39 is 10.8 Å². The highest BCUT2D eigenvalue weighted by Gasteiger charge is 2.30. The number of hydrazone groups is 1. The number of carbonyl (C=O) groups excluding carboxylic acids is 1. The zero-order valence-electron chi connectivity index (χ0n) is 13.0. The molecule has 24 heavy (non-hydrogen) atoms. The molecule has 0 heterocycles. The van der Waals surface area contributed by atoms with Gasteiger partial charge >= 0.3 is 5.84 Å². The fourth-order valence-corrected chi connectivity index (χ4v) is 2.35. The highest BCUT2D eigenvalue weighted by Crippen LogP contribution is 2.23. The third-order valence-electron chi connectivity index (χ3n) is 3.34. The molecule has 1 N–H and O–H groups in total. The average Bonchev–Trinajstić information content (AvgIpc) is 2.56. The molecule has 2 aromatic carbocycles. The van der Waals surface area contributed by atoms with Gasteiger partial charge in [0.2, 0.25) is 0 Å². The Labute approximate surface area is 144 Å². The van der Waals surface area contributed by atoms with Gasteiger partial charge in [-0.15, -0.1) is 0 Å². The maximum Gasteiger partial charge on any atom is 0.371 e. The Morgan fingerprint density at radius 2 is 1.83 bits per heavy atom. The summed E-state index contributed by atoms with van der Waals surface area (Å²) in [5.74, 6) is -1.19. The van der Waals surface area contributed by atoms with E-state index in [-0.39, 0.29) is 18.0 Å². The highest BCUT2D eigenvalue weighted by atomic mass is 35.5. The average molecular weight is 346 g/mol. The summed E-state index contributed by atoms with van der Waals surface area (Å²) in [6.07, 6.45) is 0.00608. The van der Waals surface area contributed by atoms with Gasteiger partial charge in [-0.25, -0.2) is 0 Å². The SMILES string of the molecule is CC(=O)CC(/C(=N/Nc1ccc(Cl)cc1)[N+](=O)[O-])c1ccccc1. The number of nitrogens with one attached hydrogen (secondary N) is 1. The molecule has 2 rings (SSSR count). The molecule has 0 spiro atoms. The molecule has 0 aliphatic rings. The molecule has 0 bridgehead atoms. The third-order valence-corrected chi connectivity index (χ3v) is 3.59. The Balaban J connectivity index is 2.33. The van der Waals surface area contributed by atoms with Gasteiger partial charge in [-0.2, -0.15) is 5.43 Å². The summed E-state index contributed by atoms with van der Waals surface area (Å²) in [6.45, 7) is 1.40. The number of nitro groups is 1. The first kappa shape index (κ1) is 17.6. The summed E-state index contributed by atoms with van der Waals surface area (Å²) < 4.78 is 0. The number of benzene rings is 2. The number of hydrogen-bond donors (Lipinski definition) is 1. The fraction of sp³-hybridized carbons (Fsp3) is 0.176. The van der Waals surface area contributed by atoms with E-state index in [0.717, 1.165) is 0 Å². The Morgan fingerprint density at radius 3 is 2.38 bits per heavy atom. The van der Waals surface area contributed by atoms with E-state index in [1.165, 1.54) is 6.92 Å². The van der Waals surface area contributed by atoms with Crippen LogP contribution >= 0.6 is 11.6 Å². The van der Waals surface area contributed by atoms with E-state index in [2.05, 4.69) is 10.5 Å². The van der Waals surface area contributed by atoms with Crippen LogP contribution in [0.1, 0.15) is 24.8 Å². The molecule has 7 heteroatoms. The van der Waals surface area contributed by atoms with Crippen molar-refractivity contribution in [2.75, 3.05) is 5.43 Å². The van der Waals surface area contributed by atoms with Crippen LogP contribution in [0.15, 0.2) is 59.7 Å². The Hall–Kier alpha value is -2.73. The molecule has 2 aromatic rings. The number of ketones is 1. The molecule has 1 atom stereocenters. The zero-order valence-corrected chi connectivity index (χ0v) is 13.7. The number of carbonyl (C=O) groups is 1. The number of nitrogens with zero attached hydrogens (tertiary/aromatic N) is 2. The van der Waals surface area contributed by atoms with Gasteiger partial charge in [-0.1, -0.05) is 41.9 Å². The van der Waals surface area contributed by atoms with E-state index in [1.54, 1.807) is 48.5 Å². The summed E-state index contributed by atoms with van der Waals surface area (Å²) in [7, 11) is 0. The van der Waals surface area contributed by atoms with Gasteiger partial charge < -0.3 is 10.1 Å². The van der Waals surface area contributed by atoms with Crippen LogP contribution in [0.2, 0.25) is 5.02 Å². The van der Waals surface area contributed by atoms with Crippen molar-refractivity contribution in [1.82, 2.24) is 0 Å². The topological polar surface area (TPSA) is 84.6 Å². The van der Waals surface area contributed by atoms with E-state index in [9.17, 15) is 14.9 Å². The van der Waals surface area contributed by atoms with Gasteiger partial charge in [-0.3, -0.25) is 4.79 Å². The minimum atomic E-state index is -0.724. The maximum atomic E-state index is 11.6. The van der Waals surface area contributed by atoms with Crippen LogP contribution in [0.3, 0.4) is 0 Å². The van der Waals surface area contributed by atoms with Gasteiger partial charge in [0.15, 0.2) is 0 Å². The third kappa shape index (κ3) is 4.89. The summed E-state index contributed by atoms with van der Waals surface area (Å²) in [5, 5.41) is 16.0. The van der Waals surface area contributed by atoms with Crippen molar-refractivity contribution in [2.24, 2.45) is 5.10 Å². The van der Waals surface area contributed by atoms with Crippen molar-refractivity contribution in [2.45, 2.75) is 19.3 Å². The second-order valence-electron chi connectivity index (χ2n) is 5.22. The van der Waals surface area contributed by atoms with Crippen molar-refractivity contribution in [3.05, 3.63) is 75.3 Å². The summed E-state index contributed by atoms with van der Waals surface area (Å²) in [4.78, 5) is 22.5. The van der Waals surface area contributed by atoms with Gasteiger partial charge in [0.25, 0.3) is 0 Å². The first-order valence-corrected chi connectivity index (χ1v) is 7.63.